The quantitative estimate of drug-likeness (QED) is 0.600. The molecule has 2 aromatic rings. The molecule has 1 aromatic carbocycles. The van der Waals surface area contributed by atoms with Gasteiger partial charge in [-0.2, -0.15) is 0 Å². The third kappa shape index (κ3) is 2.57. The van der Waals surface area contributed by atoms with E-state index < -0.39 is 4.92 Å². The van der Waals surface area contributed by atoms with Crippen LogP contribution in [0, 0.1) is 10.1 Å². The molecule has 1 heterocycles. The van der Waals surface area contributed by atoms with E-state index in [9.17, 15) is 10.1 Å². The maximum Gasteiger partial charge on any atom is 0.243 e. The van der Waals surface area contributed by atoms with Crippen molar-refractivity contribution in [1.29, 1.82) is 0 Å². The third-order valence-corrected chi connectivity index (χ3v) is 2.34. The SMILES string of the molecule is C/C(=C\c1cccc(-n2ccnc2)c1)[N+](=O)[O-]. The predicted octanol–water partition coefficient (Wildman–Crippen LogP) is 2.51. The van der Waals surface area contributed by atoms with Crippen LogP contribution < -0.4 is 0 Å². The van der Waals surface area contributed by atoms with Crippen molar-refractivity contribution in [2.24, 2.45) is 0 Å². The number of benzene rings is 1. The van der Waals surface area contributed by atoms with Gasteiger partial charge in [-0.25, -0.2) is 4.98 Å². The Morgan fingerprint density at radius 2 is 2.35 bits per heavy atom. The Labute approximate surface area is 98.2 Å². The predicted molar refractivity (Wildman–Crippen MR) is 64.2 cm³/mol. The Balaban J connectivity index is 2.36. The van der Waals surface area contributed by atoms with Crippen molar-refractivity contribution in [2.75, 3.05) is 0 Å². The van der Waals surface area contributed by atoms with Crippen LogP contribution in [0.3, 0.4) is 0 Å². The van der Waals surface area contributed by atoms with Crippen molar-refractivity contribution in [3.63, 3.8) is 0 Å². The Morgan fingerprint density at radius 1 is 1.53 bits per heavy atom. The number of nitrogens with zero attached hydrogens (tertiary/aromatic N) is 3. The summed E-state index contributed by atoms with van der Waals surface area (Å²) < 4.78 is 1.85. The van der Waals surface area contributed by atoms with E-state index in [-0.39, 0.29) is 5.70 Å². The first kappa shape index (κ1) is 11.1. The van der Waals surface area contributed by atoms with Gasteiger partial charge in [0.15, 0.2) is 0 Å². The Bertz CT molecular complexity index is 559. The zero-order valence-electron chi connectivity index (χ0n) is 9.28. The van der Waals surface area contributed by atoms with Crippen molar-refractivity contribution in [1.82, 2.24) is 9.55 Å². The lowest BCUT2D eigenvalue weighted by Crippen LogP contribution is -1.94. The first-order valence-electron chi connectivity index (χ1n) is 5.08. The highest BCUT2D eigenvalue weighted by Gasteiger charge is 2.02. The minimum atomic E-state index is -0.399. The number of imidazole rings is 1. The van der Waals surface area contributed by atoms with Gasteiger partial charge < -0.3 is 4.57 Å². The van der Waals surface area contributed by atoms with Gasteiger partial charge in [-0.1, -0.05) is 12.1 Å². The molecule has 0 atom stereocenters. The molecule has 0 aliphatic heterocycles. The number of allylic oxidation sites excluding steroid dienone is 1. The molecule has 0 radical (unpaired) electrons. The second-order valence-electron chi connectivity index (χ2n) is 3.61. The van der Waals surface area contributed by atoms with Crippen LogP contribution in [0.1, 0.15) is 12.5 Å². The van der Waals surface area contributed by atoms with E-state index in [1.807, 2.05) is 35.0 Å². The molecule has 0 aliphatic rings. The van der Waals surface area contributed by atoms with Crippen LogP contribution in [0.2, 0.25) is 0 Å². The summed E-state index contributed by atoms with van der Waals surface area (Å²) in [6.07, 6.45) is 6.73. The van der Waals surface area contributed by atoms with Crippen LogP contribution in [0.5, 0.6) is 0 Å². The second-order valence-corrected chi connectivity index (χ2v) is 3.61. The number of hydrogen-bond donors (Lipinski definition) is 0. The molecule has 0 saturated heterocycles. The molecule has 0 N–H and O–H groups in total. The zero-order valence-corrected chi connectivity index (χ0v) is 9.28. The van der Waals surface area contributed by atoms with Crippen molar-refractivity contribution in [3.8, 4) is 5.69 Å². The molecular formula is C12H11N3O2. The minimum absolute atomic E-state index is 0.118. The van der Waals surface area contributed by atoms with Crippen LogP contribution in [-0.2, 0) is 0 Å². The van der Waals surface area contributed by atoms with E-state index in [4.69, 9.17) is 0 Å². The first-order chi connectivity index (χ1) is 8.16. The number of aromatic nitrogens is 2. The van der Waals surface area contributed by atoms with E-state index in [1.165, 1.54) is 6.92 Å². The summed E-state index contributed by atoms with van der Waals surface area (Å²) in [6, 6.07) is 7.47. The van der Waals surface area contributed by atoms with Gasteiger partial charge in [-0.05, 0) is 17.7 Å². The van der Waals surface area contributed by atoms with Crippen molar-refractivity contribution in [2.45, 2.75) is 6.92 Å². The summed E-state index contributed by atoms with van der Waals surface area (Å²) in [4.78, 5) is 14.1. The fourth-order valence-corrected chi connectivity index (χ4v) is 1.48. The summed E-state index contributed by atoms with van der Waals surface area (Å²) >= 11 is 0. The third-order valence-electron chi connectivity index (χ3n) is 2.34. The van der Waals surface area contributed by atoms with Crippen molar-refractivity contribution >= 4 is 6.08 Å². The summed E-state index contributed by atoms with van der Waals surface area (Å²) in [5, 5.41) is 10.5. The highest BCUT2D eigenvalue weighted by Crippen LogP contribution is 2.13. The van der Waals surface area contributed by atoms with Crippen LogP contribution in [0.25, 0.3) is 11.8 Å². The molecule has 0 saturated carbocycles. The van der Waals surface area contributed by atoms with E-state index in [1.54, 1.807) is 18.6 Å². The van der Waals surface area contributed by atoms with Gasteiger partial charge in [0.2, 0.25) is 5.70 Å². The smallest absolute Gasteiger partial charge is 0.243 e. The fraction of sp³-hybridized carbons (Fsp3) is 0.0833. The fourth-order valence-electron chi connectivity index (χ4n) is 1.48. The van der Waals surface area contributed by atoms with Gasteiger partial charge in [-0.3, -0.25) is 10.1 Å². The molecule has 0 bridgehead atoms. The van der Waals surface area contributed by atoms with E-state index in [0.29, 0.717) is 0 Å². The van der Waals surface area contributed by atoms with E-state index >= 15 is 0 Å². The molecular weight excluding hydrogens is 218 g/mol. The van der Waals surface area contributed by atoms with Gasteiger partial charge in [0, 0.05) is 31.1 Å². The normalized spacial score (nSPS) is 11.5. The summed E-state index contributed by atoms with van der Waals surface area (Å²) in [6.45, 7) is 1.48. The molecule has 2 rings (SSSR count). The molecule has 0 fully saturated rings. The van der Waals surface area contributed by atoms with Gasteiger partial charge in [0.25, 0.3) is 0 Å². The Hall–Kier alpha value is -2.43. The maximum absolute atomic E-state index is 10.5. The standard InChI is InChI=1S/C12H11N3O2/c1-10(15(16)17)7-11-3-2-4-12(8-11)14-6-5-13-9-14/h2-9H,1H3/b10-7+. The highest BCUT2D eigenvalue weighted by atomic mass is 16.6. The summed E-state index contributed by atoms with van der Waals surface area (Å²) in [7, 11) is 0. The zero-order chi connectivity index (χ0) is 12.3. The van der Waals surface area contributed by atoms with Gasteiger partial charge in [0.05, 0.1) is 11.3 Å². The van der Waals surface area contributed by atoms with Crippen LogP contribution in [0.4, 0.5) is 0 Å². The van der Waals surface area contributed by atoms with Gasteiger partial charge in [-0.15, -0.1) is 0 Å². The summed E-state index contributed by atoms with van der Waals surface area (Å²) in [5.74, 6) is 0. The number of rotatable bonds is 3. The lowest BCUT2D eigenvalue weighted by atomic mass is 10.2. The molecule has 5 nitrogen and oxygen atoms in total. The lowest BCUT2D eigenvalue weighted by molar-refractivity contribution is -0.422. The maximum atomic E-state index is 10.5. The Morgan fingerprint density at radius 3 is 3.00 bits per heavy atom. The molecule has 17 heavy (non-hydrogen) atoms. The monoisotopic (exact) mass is 229 g/mol. The van der Waals surface area contributed by atoms with Crippen LogP contribution in [0.15, 0.2) is 48.7 Å². The van der Waals surface area contributed by atoms with Gasteiger partial charge >= 0.3 is 0 Å². The molecule has 86 valence electrons. The largest absolute Gasteiger partial charge is 0.306 e. The second kappa shape index (κ2) is 4.61. The van der Waals surface area contributed by atoms with Crippen LogP contribution >= 0.6 is 0 Å². The average Bonchev–Trinajstić information content (AvgIpc) is 2.82. The number of hydrogen-bond acceptors (Lipinski definition) is 3. The molecule has 1 aromatic heterocycles. The molecule has 0 spiro atoms. The molecule has 0 amide bonds. The topological polar surface area (TPSA) is 61.0 Å². The summed E-state index contributed by atoms with van der Waals surface area (Å²) in [5.41, 5.74) is 1.84. The Kier molecular flexibility index (Phi) is 3.00. The van der Waals surface area contributed by atoms with Crippen molar-refractivity contribution in [3.05, 3.63) is 64.4 Å². The number of nitro groups is 1. The van der Waals surface area contributed by atoms with E-state index in [0.717, 1.165) is 11.3 Å². The lowest BCUT2D eigenvalue weighted by Gasteiger charge is -2.02. The van der Waals surface area contributed by atoms with Crippen LogP contribution in [-0.4, -0.2) is 14.5 Å². The molecule has 0 unspecified atom stereocenters. The molecule has 5 heteroatoms. The first-order valence-corrected chi connectivity index (χ1v) is 5.08. The average molecular weight is 229 g/mol. The van der Waals surface area contributed by atoms with Crippen molar-refractivity contribution < 1.29 is 4.92 Å². The highest BCUT2D eigenvalue weighted by molar-refractivity contribution is 5.54. The van der Waals surface area contributed by atoms with E-state index in [2.05, 4.69) is 4.98 Å². The van der Waals surface area contributed by atoms with Gasteiger partial charge in [0.1, 0.15) is 0 Å². The molecule has 0 aliphatic carbocycles. The minimum Gasteiger partial charge on any atom is -0.306 e.